The molecule has 1 amide bonds. The lowest BCUT2D eigenvalue weighted by molar-refractivity contribution is -0.120. The Morgan fingerprint density at radius 2 is 2.24 bits per heavy atom. The second kappa shape index (κ2) is 6.00. The third-order valence-corrected chi connectivity index (χ3v) is 1.99. The van der Waals surface area contributed by atoms with Crippen LogP contribution >= 0.6 is 0 Å². The number of nitrogens with zero attached hydrogens (tertiary/aromatic N) is 3. The normalized spacial score (nSPS) is 10.2. The van der Waals surface area contributed by atoms with E-state index in [1.807, 2.05) is 13.8 Å². The highest BCUT2D eigenvalue weighted by Gasteiger charge is 2.10. The van der Waals surface area contributed by atoms with Crippen LogP contribution in [0.25, 0.3) is 0 Å². The molecule has 0 saturated carbocycles. The van der Waals surface area contributed by atoms with Crippen molar-refractivity contribution in [2.24, 2.45) is 5.84 Å². The van der Waals surface area contributed by atoms with E-state index in [0.29, 0.717) is 11.6 Å². The van der Waals surface area contributed by atoms with Crippen molar-refractivity contribution in [1.29, 1.82) is 0 Å². The zero-order valence-electron chi connectivity index (χ0n) is 10.3. The molecule has 0 fully saturated rings. The van der Waals surface area contributed by atoms with Gasteiger partial charge in [-0.25, -0.2) is 10.8 Å². The van der Waals surface area contributed by atoms with E-state index >= 15 is 0 Å². The minimum absolute atomic E-state index is 0.0598. The Hall–Kier alpha value is -1.89. The molecule has 0 aliphatic rings. The largest absolute Gasteiger partial charge is 0.352 e. The van der Waals surface area contributed by atoms with Crippen LogP contribution in [0.4, 0.5) is 11.6 Å². The van der Waals surface area contributed by atoms with E-state index in [-0.39, 0.29) is 18.5 Å². The summed E-state index contributed by atoms with van der Waals surface area (Å²) in [6.45, 7) is 4.05. The first kappa shape index (κ1) is 13.2. The van der Waals surface area contributed by atoms with Crippen molar-refractivity contribution in [1.82, 2.24) is 15.3 Å². The van der Waals surface area contributed by atoms with Crippen LogP contribution in [-0.2, 0) is 4.79 Å². The van der Waals surface area contributed by atoms with Crippen molar-refractivity contribution in [3.05, 3.63) is 12.4 Å². The maximum atomic E-state index is 11.6. The first-order chi connectivity index (χ1) is 8.02. The van der Waals surface area contributed by atoms with Gasteiger partial charge in [0.25, 0.3) is 0 Å². The molecule has 0 aromatic carbocycles. The number of carbonyl (C=O) groups is 1. The van der Waals surface area contributed by atoms with Gasteiger partial charge in [0.15, 0.2) is 5.82 Å². The molecule has 0 saturated heterocycles. The molecule has 0 atom stereocenters. The highest BCUT2D eigenvalue weighted by molar-refractivity contribution is 5.81. The Morgan fingerprint density at radius 1 is 1.53 bits per heavy atom. The van der Waals surface area contributed by atoms with Gasteiger partial charge >= 0.3 is 0 Å². The molecule has 1 rings (SSSR count). The average molecular weight is 238 g/mol. The number of nitrogens with two attached hydrogens (primary N) is 1. The quantitative estimate of drug-likeness (QED) is 0.482. The Balaban J connectivity index is 2.62. The van der Waals surface area contributed by atoms with Crippen LogP contribution in [0.15, 0.2) is 12.4 Å². The summed E-state index contributed by atoms with van der Waals surface area (Å²) < 4.78 is 0. The molecule has 0 bridgehead atoms. The average Bonchev–Trinajstić information content (AvgIpc) is 2.27. The van der Waals surface area contributed by atoms with Gasteiger partial charge < -0.3 is 15.6 Å². The summed E-state index contributed by atoms with van der Waals surface area (Å²) >= 11 is 0. The highest BCUT2D eigenvalue weighted by atomic mass is 16.2. The number of carbonyl (C=O) groups excluding carboxylic acids is 1. The van der Waals surface area contributed by atoms with Crippen molar-refractivity contribution in [3.8, 4) is 0 Å². The standard InChI is InChI=1S/C10H18N6O/c1-7(2)13-10(17)6-16(3)9-5-12-4-8(14-9)15-11/h4-5,7H,6,11H2,1-3H3,(H,13,17)(H,14,15). The van der Waals surface area contributed by atoms with Gasteiger partial charge in [-0.3, -0.25) is 9.78 Å². The number of aromatic nitrogens is 2. The summed E-state index contributed by atoms with van der Waals surface area (Å²) in [5.41, 5.74) is 2.41. The highest BCUT2D eigenvalue weighted by Crippen LogP contribution is 2.09. The second-order valence-electron chi connectivity index (χ2n) is 3.99. The molecule has 17 heavy (non-hydrogen) atoms. The van der Waals surface area contributed by atoms with Crippen LogP contribution < -0.4 is 21.5 Å². The molecule has 0 aliphatic heterocycles. The fraction of sp³-hybridized carbons (Fsp3) is 0.500. The monoisotopic (exact) mass is 238 g/mol. The van der Waals surface area contributed by atoms with Crippen LogP contribution in [0.2, 0.25) is 0 Å². The second-order valence-corrected chi connectivity index (χ2v) is 3.99. The molecule has 7 nitrogen and oxygen atoms in total. The predicted molar refractivity (Wildman–Crippen MR) is 66.4 cm³/mol. The fourth-order valence-electron chi connectivity index (χ4n) is 1.27. The molecule has 94 valence electrons. The van der Waals surface area contributed by atoms with Crippen LogP contribution in [-0.4, -0.2) is 35.5 Å². The predicted octanol–water partition coefficient (Wildman–Crippen LogP) is -0.277. The number of nitrogens with one attached hydrogen (secondary N) is 2. The third-order valence-electron chi connectivity index (χ3n) is 1.99. The molecule has 0 unspecified atom stereocenters. The number of likely N-dealkylation sites (N-methyl/N-ethyl adjacent to an activating group) is 1. The summed E-state index contributed by atoms with van der Waals surface area (Å²) in [6.07, 6.45) is 3.08. The van der Waals surface area contributed by atoms with E-state index in [9.17, 15) is 4.79 Å². The zero-order valence-corrected chi connectivity index (χ0v) is 10.3. The van der Waals surface area contributed by atoms with Gasteiger partial charge in [0, 0.05) is 13.1 Å². The number of anilines is 2. The maximum absolute atomic E-state index is 11.6. The number of hydrogen-bond donors (Lipinski definition) is 3. The van der Waals surface area contributed by atoms with Gasteiger partial charge in [0.2, 0.25) is 5.91 Å². The van der Waals surface area contributed by atoms with Gasteiger partial charge in [-0.05, 0) is 13.8 Å². The SMILES string of the molecule is CC(C)NC(=O)CN(C)c1cncc(NN)n1. The van der Waals surface area contributed by atoms with Crippen LogP contribution in [0.3, 0.4) is 0 Å². The van der Waals surface area contributed by atoms with E-state index in [4.69, 9.17) is 5.84 Å². The lowest BCUT2D eigenvalue weighted by Gasteiger charge is -2.18. The van der Waals surface area contributed by atoms with Gasteiger partial charge in [-0.2, -0.15) is 0 Å². The van der Waals surface area contributed by atoms with Gasteiger partial charge in [0.05, 0.1) is 18.9 Å². The first-order valence-electron chi connectivity index (χ1n) is 5.32. The number of amides is 1. The third kappa shape index (κ3) is 4.23. The Bertz CT molecular complexity index is 381. The van der Waals surface area contributed by atoms with Crippen molar-refractivity contribution < 1.29 is 4.79 Å². The van der Waals surface area contributed by atoms with Gasteiger partial charge in [0.1, 0.15) is 5.82 Å². The molecule has 1 aromatic rings. The number of rotatable bonds is 5. The molecule has 0 spiro atoms. The van der Waals surface area contributed by atoms with E-state index in [2.05, 4.69) is 20.7 Å². The summed E-state index contributed by atoms with van der Waals surface area (Å²) in [4.78, 5) is 21.4. The Morgan fingerprint density at radius 3 is 2.82 bits per heavy atom. The smallest absolute Gasteiger partial charge is 0.239 e. The number of hydrazine groups is 1. The summed E-state index contributed by atoms with van der Waals surface area (Å²) in [5.74, 6) is 6.22. The lowest BCUT2D eigenvalue weighted by atomic mass is 10.4. The van der Waals surface area contributed by atoms with Crippen LogP contribution in [0.1, 0.15) is 13.8 Å². The molecule has 0 aliphatic carbocycles. The summed E-state index contributed by atoms with van der Waals surface area (Å²) in [7, 11) is 1.77. The molecular weight excluding hydrogens is 220 g/mol. The molecular formula is C10H18N6O. The van der Waals surface area contributed by atoms with E-state index in [1.165, 1.54) is 6.20 Å². The van der Waals surface area contributed by atoms with Crippen LogP contribution in [0, 0.1) is 0 Å². The number of nitrogen functional groups attached to an aromatic ring is 1. The minimum atomic E-state index is -0.0598. The summed E-state index contributed by atoms with van der Waals surface area (Å²) in [5, 5.41) is 2.80. The van der Waals surface area contributed by atoms with Gasteiger partial charge in [-0.15, -0.1) is 0 Å². The molecule has 1 heterocycles. The molecule has 7 heteroatoms. The molecule has 0 radical (unpaired) electrons. The van der Waals surface area contributed by atoms with E-state index in [1.54, 1.807) is 18.1 Å². The maximum Gasteiger partial charge on any atom is 0.239 e. The molecule has 4 N–H and O–H groups in total. The first-order valence-corrected chi connectivity index (χ1v) is 5.32. The van der Waals surface area contributed by atoms with Crippen molar-refractivity contribution in [2.45, 2.75) is 19.9 Å². The number of hydrogen-bond acceptors (Lipinski definition) is 6. The van der Waals surface area contributed by atoms with Crippen LogP contribution in [0.5, 0.6) is 0 Å². The Kier molecular flexibility index (Phi) is 4.65. The summed E-state index contributed by atoms with van der Waals surface area (Å²) in [6, 6.07) is 0.124. The van der Waals surface area contributed by atoms with E-state index in [0.717, 1.165) is 0 Å². The lowest BCUT2D eigenvalue weighted by Crippen LogP contribution is -2.38. The van der Waals surface area contributed by atoms with Gasteiger partial charge in [-0.1, -0.05) is 0 Å². The zero-order chi connectivity index (χ0) is 12.8. The van der Waals surface area contributed by atoms with E-state index < -0.39 is 0 Å². The Labute approximate surface area is 100 Å². The van der Waals surface area contributed by atoms with Crippen molar-refractivity contribution in [2.75, 3.05) is 23.9 Å². The van der Waals surface area contributed by atoms with Crippen molar-refractivity contribution in [3.63, 3.8) is 0 Å². The molecule has 1 aromatic heterocycles. The fourth-order valence-corrected chi connectivity index (χ4v) is 1.27. The minimum Gasteiger partial charge on any atom is -0.352 e. The topological polar surface area (TPSA) is 96.2 Å². The van der Waals surface area contributed by atoms with Crippen molar-refractivity contribution >= 4 is 17.5 Å².